The van der Waals surface area contributed by atoms with Crippen LogP contribution in [0.2, 0.25) is 0 Å². The average molecular weight is 444 g/mol. The monoisotopic (exact) mass is 443 g/mol. The molecule has 4 nitrogen and oxygen atoms in total. The minimum atomic E-state index is 0.0527. The molecular weight excluding hydrogens is 409 g/mol. The lowest BCUT2D eigenvalue weighted by Crippen LogP contribution is -2.17. The van der Waals surface area contributed by atoms with Crippen molar-refractivity contribution in [2.45, 2.75) is 67.2 Å². The van der Waals surface area contributed by atoms with Gasteiger partial charge in [-0.15, -0.1) is 0 Å². The van der Waals surface area contributed by atoms with Gasteiger partial charge in [0.05, 0.1) is 12.3 Å². The molecule has 0 aliphatic heterocycles. The topological polar surface area (TPSA) is 40.0 Å². The van der Waals surface area contributed by atoms with E-state index in [-0.39, 0.29) is 9.91 Å². The van der Waals surface area contributed by atoms with E-state index in [4.69, 9.17) is 37.5 Å². The first-order chi connectivity index (χ1) is 13.6. The molecule has 1 aromatic rings. The van der Waals surface area contributed by atoms with Crippen LogP contribution in [0.1, 0.15) is 65.0 Å². The zero-order valence-electron chi connectivity index (χ0n) is 18.6. The Balaban J connectivity index is 2.41. The normalized spacial score (nSPS) is 11.9. The summed E-state index contributed by atoms with van der Waals surface area (Å²) in [6, 6.07) is 4.00. The summed E-state index contributed by atoms with van der Waals surface area (Å²) >= 11 is 11.2. The maximum Gasteiger partial charge on any atom is 0.125 e. The maximum absolute atomic E-state index is 6.07. The molecule has 0 fully saturated rings. The number of halogens is 2. The fourth-order valence-electron chi connectivity index (χ4n) is 2.46. The summed E-state index contributed by atoms with van der Waals surface area (Å²) in [5, 5.41) is 4.19. The largest absolute Gasteiger partial charge is 0.493 e. The van der Waals surface area contributed by atoms with Crippen LogP contribution < -0.4 is 9.47 Å². The first-order valence-corrected chi connectivity index (χ1v) is 11.0. The molecule has 0 aliphatic carbocycles. The number of hydrogen-bond donors (Lipinski definition) is 0. The molecule has 0 saturated carbocycles. The van der Waals surface area contributed by atoms with Crippen LogP contribution in [0.5, 0.6) is 11.5 Å². The second kappa shape index (κ2) is 13.0. The highest BCUT2D eigenvalue weighted by molar-refractivity contribution is 6.55. The predicted molar refractivity (Wildman–Crippen MR) is 124 cm³/mol. The SMILES string of the molecule is CCc1cc(OCC=C(Cl)Cl)cc(C)c1OCCCCCON=C(C)C(C)(C)C. The van der Waals surface area contributed by atoms with Gasteiger partial charge >= 0.3 is 0 Å². The molecule has 0 aromatic heterocycles. The molecule has 164 valence electrons. The molecule has 1 rings (SSSR count). The van der Waals surface area contributed by atoms with Gasteiger partial charge in [-0.3, -0.25) is 0 Å². The summed E-state index contributed by atoms with van der Waals surface area (Å²) in [4.78, 5) is 5.42. The highest BCUT2D eigenvalue weighted by atomic mass is 35.5. The van der Waals surface area contributed by atoms with E-state index in [2.05, 4.69) is 32.9 Å². The predicted octanol–water partition coefficient (Wildman–Crippen LogP) is 7.24. The molecule has 1 aromatic carbocycles. The minimum Gasteiger partial charge on any atom is -0.493 e. The van der Waals surface area contributed by atoms with Crippen molar-refractivity contribution in [2.75, 3.05) is 19.8 Å². The molecule has 0 heterocycles. The molecule has 0 aliphatic rings. The average Bonchev–Trinajstić information content (AvgIpc) is 2.63. The zero-order valence-corrected chi connectivity index (χ0v) is 20.1. The number of aryl methyl sites for hydroxylation is 2. The highest BCUT2D eigenvalue weighted by Gasteiger charge is 2.14. The summed E-state index contributed by atoms with van der Waals surface area (Å²) < 4.78 is 12.0. The van der Waals surface area contributed by atoms with Gasteiger partial charge in [-0.2, -0.15) is 0 Å². The number of rotatable bonds is 12. The lowest BCUT2D eigenvalue weighted by atomic mass is 9.91. The number of nitrogens with zero attached hydrogens (tertiary/aromatic N) is 1. The third kappa shape index (κ3) is 10.3. The molecular formula is C23H35Cl2NO3. The van der Waals surface area contributed by atoms with Crippen LogP contribution in [0, 0.1) is 12.3 Å². The Labute approximate surface area is 186 Å². The van der Waals surface area contributed by atoms with Crippen LogP contribution >= 0.6 is 23.2 Å². The van der Waals surface area contributed by atoms with Crippen LogP contribution in [0.25, 0.3) is 0 Å². The van der Waals surface area contributed by atoms with Gasteiger partial charge in [0.2, 0.25) is 0 Å². The lowest BCUT2D eigenvalue weighted by molar-refractivity contribution is 0.135. The smallest absolute Gasteiger partial charge is 0.125 e. The Kier molecular flexibility index (Phi) is 11.5. The van der Waals surface area contributed by atoms with Crippen LogP contribution in [-0.4, -0.2) is 25.5 Å². The van der Waals surface area contributed by atoms with Crippen molar-refractivity contribution in [3.8, 4) is 11.5 Å². The lowest BCUT2D eigenvalue weighted by Gasteiger charge is -2.17. The van der Waals surface area contributed by atoms with Crippen molar-refractivity contribution in [3.63, 3.8) is 0 Å². The second-order valence-electron chi connectivity index (χ2n) is 8.06. The van der Waals surface area contributed by atoms with Gasteiger partial charge in [-0.1, -0.05) is 56.1 Å². The number of ether oxygens (including phenoxy) is 2. The molecule has 0 atom stereocenters. The van der Waals surface area contributed by atoms with Crippen LogP contribution in [0.3, 0.4) is 0 Å². The van der Waals surface area contributed by atoms with Crippen molar-refractivity contribution in [1.82, 2.24) is 0 Å². The van der Waals surface area contributed by atoms with Crippen molar-refractivity contribution in [2.24, 2.45) is 10.6 Å². The van der Waals surface area contributed by atoms with Gasteiger partial charge in [0.15, 0.2) is 0 Å². The Bertz CT molecular complexity index is 690. The molecule has 0 saturated heterocycles. The standard InChI is InChI=1S/C23H35Cl2NO3/c1-7-19-16-20(27-14-11-21(24)25)15-17(2)22(19)28-12-9-8-10-13-29-26-18(3)23(4,5)6/h11,15-16H,7-10,12-14H2,1-6H3. The van der Waals surface area contributed by atoms with Gasteiger partial charge in [0.25, 0.3) is 0 Å². The molecule has 29 heavy (non-hydrogen) atoms. The summed E-state index contributed by atoms with van der Waals surface area (Å²) in [5.74, 6) is 1.74. The number of hydrogen-bond acceptors (Lipinski definition) is 4. The molecule has 0 bridgehead atoms. The third-order valence-electron chi connectivity index (χ3n) is 4.61. The Morgan fingerprint density at radius 3 is 2.38 bits per heavy atom. The van der Waals surface area contributed by atoms with E-state index in [0.717, 1.165) is 54.0 Å². The van der Waals surface area contributed by atoms with Crippen molar-refractivity contribution < 1.29 is 14.3 Å². The molecule has 0 spiro atoms. The second-order valence-corrected chi connectivity index (χ2v) is 9.06. The molecule has 0 unspecified atom stereocenters. The summed E-state index contributed by atoms with van der Waals surface area (Å²) in [6.07, 6.45) is 5.47. The van der Waals surface area contributed by atoms with Crippen LogP contribution in [-0.2, 0) is 11.3 Å². The fourth-order valence-corrected chi connectivity index (χ4v) is 2.59. The number of benzene rings is 1. The van der Waals surface area contributed by atoms with E-state index in [9.17, 15) is 0 Å². The maximum atomic E-state index is 6.07. The van der Waals surface area contributed by atoms with Gasteiger partial charge in [-0.25, -0.2) is 0 Å². The third-order valence-corrected chi connectivity index (χ3v) is 4.92. The minimum absolute atomic E-state index is 0.0527. The van der Waals surface area contributed by atoms with E-state index in [1.54, 1.807) is 6.08 Å². The van der Waals surface area contributed by atoms with Gasteiger partial charge in [0.1, 0.15) is 29.2 Å². The van der Waals surface area contributed by atoms with E-state index < -0.39 is 0 Å². The number of oxime groups is 1. The van der Waals surface area contributed by atoms with Crippen molar-refractivity contribution in [3.05, 3.63) is 33.8 Å². The first-order valence-electron chi connectivity index (χ1n) is 10.2. The quantitative estimate of drug-likeness (QED) is 0.194. The Morgan fingerprint density at radius 1 is 1.07 bits per heavy atom. The molecule has 0 amide bonds. The van der Waals surface area contributed by atoms with Crippen molar-refractivity contribution in [1.29, 1.82) is 0 Å². The molecule has 0 N–H and O–H groups in total. The molecule has 6 heteroatoms. The van der Waals surface area contributed by atoms with Gasteiger partial charge in [0, 0.05) is 5.41 Å². The first kappa shape index (κ1) is 25.6. The van der Waals surface area contributed by atoms with E-state index in [1.165, 1.54) is 0 Å². The molecule has 0 radical (unpaired) electrons. The Hall–Kier alpha value is -1.39. The van der Waals surface area contributed by atoms with Crippen molar-refractivity contribution >= 4 is 28.9 Å². The van der Waals surface area contributed by atoms with E-state index >= 15 is 0 Å². The summed E-state index contributed by atoms with van der Waals surface area (Å²) in [7, 11) is 0. The van der Waals surface area contributed by atoms with Gasteiger partial charge in [-0.05, 0) is 68.9 Å². The zero-order chi connectivity index (χ0) is 21.9. The Morgan fingerprint density at radius 2 is 1.76 bits per heavy atom. The summed E-state index contributed by atoms with van der Waals surface area (Å²) in [5.41, 5.74) is 3.27. The van der Waals surface area contributed by atoms with E-state index in [0.29, 0.717) is 19.8 Å². The van der Waals surface area contributed by atoms with Crippen LogP contribution in [0.15, 0.2) is 27.9 Å². The summed E-state index contributed by atoms with van der Waals surface area (Å²) in [6.45, 7) is 14.2. The number of unbranched alkanes of at least 4 members (excludes halogenated alkanes) is 2. The fraction of sp³-hybridized carbons (Fsp3) is 0.609. The highest BCUT2D eigenvalue weighted by Crippen LogP contribution is 2.30. The van der Waals surface area contributed by atoms with Gasteiger partial charge < -0.3 is 14.3 Å². The van der Waals surface area contributed by atoms with E-state index in [1.807, 2.05) is 26.0 Å². The van der Waals surface area contributed by atoms with Crippen LogP contribution in [0.4, 0.5) is 0 Å².